The highest BCUT2D eigenvalue weighted by Crippen LogP contribution is 2.67. The van der Waals surface area contributed by atoms with Crippen molar-refractivity contribution in [3.8, 4) is 0 Å². The second-order valence-electron chi connectivity index (χ2n) is 10.0. The molecule has 37 heavy (non-hydrogen) atoms. The second kappa shape index (κ2) is 11.2. The van der Waals surface area contributed by atoms with E-state index in [0.29, 0.717) is 38.0 Å². The zero-order valence-electron chi connectivity index (χ0n) is 20.5. The van der Waals surface area contributed by atoms with Crippen molar-refractivity contribution in [3.05, 3.63) is 66.2 Å². The lowest BCUT2D eigenvalue weighted by molar-refractivity contribution is -0.139. The third-order valence-corrected chi connectivity index (χ3v) is 11.0. The van der Waals surface area contributed by atoms with Crippen LogP contribution in [0, 0.1) is 11.8 Å². The highest BCUT2D eigenvalue weighted by Gasteiger charge is 2.75. The fourth-order valence-electron chi connectivity index (χ4n) is 6.17. The van der Waals surface area contributed by atoms with E-state index in [4.69, 9.17) is 0 Å². The Morgan fingerprint density at radius 3 is 2.43 bits per heavy atom. The van der Waals surface area contributed by atoms with E-state index in [2.05, 4.69) is 26.6 Å². The first kappa shape index (κ1) is 26.3. The monoisotopic (exact) mass is 585 g/mol. The number of halogens is 1. The average Bonchev–Trinajstić information content (AvgIpc) is 3.50. The Morgan fingerprint density at radius 1 is 1.03 bits per heavy atom. The molecule has 6 atom stereocenters. The number of para-hydroxylation sites is 1. The van der Waals surface area contributed by atoms with Gasteiger partial charge in [0.2, 0.25) is 17.7 Å². The summed E-state index contributed by atoms with van der Waals surface area (Å²) in [6.45, 7) is 0.922. The summed E-state index contributed by atoms with van der Waals surface area (Å²) >= 11 is 5.44. The molecular formula is C28H32BrN3O4S. The van der Waals surface area contributed by atoms with E-state index in [-0.39, 0.29) is 34.4 Å². The number of aliphatic hydroxyl groups excluding tert-OH is 1. The van der Waals surface area contributed by atoms with Crippen LogP contribution in [0.3, 0.4) is 0 Å². The van der Waals surface area contributed by atoms with Crippen LogP contribution in [0.1, 0.15) is 31.2 Å². The van der Waals surface area contributed by atoms with Gasteiger partial charge in [-0.25, -0.2) is 0 Å². The zero-order valence-corrected chi connectivity index (χ0v) is 22.9. The molecule has 9 heteroatoms. The normalized spacial score (nSPS) is 29.8. The van der Waals surface area contributed by atoms with E-state index in [1.807, 2.05) is 60.7 Å². The van der Waals surface area contributed by atoms with Gasteiger partial charge >= 0.3 is 0 Å². The molecule has 2 bridgehead atoms. The summed E-state index contributed by atoms with van der Waals surface area (Å²) in [7, 11) is 0. The fraction of sp³-hybridized carbons (Fsp3) is 0.464. The number of benzene rings is 2. The molecule has 196 valence electrons. The first-order valence-electron chi connectivity index (χ1n) is 12.9. The fourth-order valence-corrected chi connectivity index (χ4v) is 9.78. The standard InChI is InChI=1S/C28H32BrN3O4S/c29-20-16-28-22(21(23(20)37-28)25(34)31-19-12-6-2-7-13-19)27(36)32(14-8-3-9-15-33)24(28)26(35)30-17-18-10-4-1-5-11-18/h1-2,4-7,10-13,20-24,33H,3,8-9,14-17H2,(H,30,35)(H,31,34)/t20?,21-,22+,23-,24?,28?/m1/s1. The molecule has 1 spiro atoms. The molecule has 0 aliphatic carbocycles. The van der Waals surface area contributed by atoms with Gasteiger partial charge in [-0.05, 0) is 43.4 Å². The molecule has 0 aromatic heterocycles. The number of nitrogens with zero attached hydrogens (tertiary/aromatic N) is 1. The molecule has 2 aromatic rings. The number of hydrogen-bond donors (Lipinski definition) is 3. The minimum atomic E-state index is -0.660. The van der Waals surface area contributed by atoms with Gasteiger partial charge in [0.1, 0.15) is 6.04 Å². The number of aliphatic hydroxyl groups is 1. The van der Waals surface area contributed by atoms with Crippen LogP contribution >= 0.6 is 27.7 Å². The Labute approximate surface area is 229 Å². The van der Waals surface area contributed by atoms with Gasteiger partial charge in [-0.1, -0.05) is 64.5 Å². The number of likely N-dealkylation sites (tertiary alicyclic amines) is 1. The van der Waals surface area contributed by atoms with Gasteiger partial charge in [0.05, 0.1) is 16.6 Å². The molecule has 0 saturated carbocycles. The highest BCUT2D eigenvalue weighted by molar-refractivity contribution is 9.09. The lowest BCUT2D eigenvalue weighted by atomic mass is 9.70. The zero-order chi connectivity index (χ0) is 26.0. The van der Waals surface area contributed by atoms with Crippen molar-refractivity contribution in [1.29, 1.82) is 0 Å². The van der Waals surface area contributed by atoms with Crippen LogP contribution in [0.15, 0.2) is 60.7 Å². The van der Waals surface area contributed by atoms with Gasteiger partial charge in [0.25, 0.3) is 0 Å². The maximum absolute atomic E-state index is 14.0. The van der Waals surface area contributed by atoms with Crippen molar-refractivity contribution in [2.24, 2.45) is 11.8 Å². The van der Waals surface area contributed by atoms with E-state index in [9.17, 15) is 19.5 Å². The SMILES string of the molecule is O=C(NCc1ccccc1)C1N(CCCCCO)C(=O)[C@@H]2[C@@H](C(=O)Nc3ccccc3)[C@@H]3SC12CC3Br. The van der Waals surface area contributed by atoms with Crippen molar-refractivity contribution in [3.63, 3.8) is 0 Å². The van der Waals surface area contributed by atoms with Crippen LogP contribution in [0.5, 0.6) is 0 Å². The van der Waals surface area contributed by atoms with E-state index in [0.717, 1.165) is 12.0 Å². The number of anilines is 1. The molecular weight excluding hydrogens is 554 g/mol. The summed E-state index contributed by atoms with van der Waals surface area (Å²) in [5.41, 5.74) is 1.69. The summed E-state index contributed by atoms with van der Waals surface area (Å²) < 4.78 is -0.660. The Balaban J connectivity index is 1.42. The molecule has 7 nitrogen and oxygen atoms in total. The first-order valence-corrected chi connectivity index (χ1v) is 14.7. The lowest BCUT2D eigenvalue weighted by Crippen LogP contribution is -2.54. The molecule has 3 heterocycles. The largest absolute Gasteiger partial charge is 0.396 e. The predicted octanol–water partition coefficient (Wildman–Crippen LogP) is 3.57. The number of hydrogen-bond acceptors (Lipinski definition) is 5. The Morgan fingerprint density at radius 2 is 1.73 bits per heavy atom. The number of amides is 3. The second-order valence-corrected chi connectivity index (χ2v) is 12.8. The van der Waals surface area contributed by atoms with Crippen LogP contribution in [0.25, 0.3) is 0 Å². The van der Waals surface area contributed by atoms with Crippen LogP contribution in [-0.2, 0) is 20.9 Å². The lowest BCUT2D eigenvalue weighted by Gasteiger charge is -2.35. The van der Waals surface area contributed by atoms with Gasteiger partial charge in [-0.3, -0.25) is 14.4 Å². The smallest absolute Gasteiger partial charge is 0.244 e. The van der Waals surface area contributed by atoms with Crippen LogP contribution in [-0.4, -0.2) is 61.7 Å². The van der Waals surface area contributed by atoms with Crippen LogP contribution < -0.4 is 10.6 Å². The molecule has 3 aliphatic heterocycles. The van der Waals surface area contributed by atoms with Gasteiger partial charge in [0.15, 0.2) is 0 Å². The number of unbranched alkanes of at least 4 members (excludes halogenated alkanes) is 2. The summed E-state index contributed by atoms with van der Waals surface area (Å²) in [6.07, 6.45) is 2.78. The average molecular weight is 587 g/mol. The summed E-state index contributed by atoms with van der Waals surface area (Å²) in [5.74, 6) is -1.52. The highest BCUT2D eigenvalue weighted by atomic mass is 79.9. The molecule has 2 aromatic carbocycles. The van der Waals surface area contributed by atoms with Gasteiger partial charge in [-0.15, -0.1) is 11.8 Å². The van der Waals surface area contributed by atoms with Crippen LogP contribution in [0.2, 0.25) is 0 Å². The minimum absolute atomic E-state index is 0.0341. The number of thioether (sulfide) groups is 1. The molecule has 5 rings (SSSR count). The van der Waals surface area contributed by atoms with E-state index in [1.165, 1.54) is 0 Å². The number of carbonyl (C=O) groups excluding carboxylic acids is 3. The van der Waals surface area contributed by atoms with E-state index in [1.54, 1.807) is 16.7 Å². The number of nitrogens with one attached hydrogen (secondary N) is 2. The number of alkyl halides is 1. The predicted molar refractivity (Wildman–Crippen MR) is 148 cm³/mol. The Bertz CT molecular complexity index is 1140. The molecule has 3 unspecified atom stereocenters. The molecule has 0 radical (unpaired) electrons. The third kappa shape index (κ3) is 4.93. The molecule has 3 N–H and O–H groups in total. The number of rotatable bonds is 10. The third-order valence-electron chi connectivity index (χ3n) is 7.75. The number of carbonyl (C=O) groups is 3. The van der Waals surface area contributed by atoms with E-state index >= 15 is 0 Å². The van der Waals surface area contributed by atoms with Gasteiger partial charge < -0.3 is 20.6 Å². The maximum Gasteiger partial charge on any atom is 0.244 e. The molecule has 3 fully saturated rings. The van der Waals surface area contributed by atoms with Gasteiger partial charge in [-0.2, -0.15) is 0 Å². The minimum Gasteiger partial charge on any atom is -0.396 e. The van der Waals surface area contributed by atoms with Crippen LogP contribution in [0.4, 0.5) is 5.69 Å². The van der Waals surface area contributed by atoms with Crippen molar-refractivity contribution < 1.29 is 19.5 Å². The number of fused-ring (bicyclic) bond motifs is 1. The quantitative estimate of drug-likeness (QED) is 0.292. The maximum atomic E-state index is 14.0. The molecule has 3 aliphatic rings. The molecule has 3 amide bonds. The Kier molecular flexibility index (Phi) is 7.93. The molecule has 3 saturated heterocycles. The van der Waals surface area contributed by atoms with Crippen molar-refractivity contribution in [1.82, 2.24) is 10.2 Å². The van der Waals surface area contributed by atoms with Crippen molar-refractivity contribution >= 4 is 51.1 Å². The summed E-state index contributed by atoms with van der Waals surface area (Å²) in [6, 6.07) is 18.4. The van der Waals surface area contributed by atoms with E-state index < -0.39 is 22.6 Å². The first-order chi connectivity index (χ1) is 18.0. The van der Waals surface area contributed by atoms with Crippen molar-refractivity contribution in [2.75, 3.05) is 18.5 Å². The Hall–Kier alpha value is -2.36. The summed E-state index contributed by atoms with van der Waals surface area (Å²) in [5, 5.41) is 15.2. The van der Waals surface area contributed by atoms with Gasteiger partial charge in [0, 0.05) is 35.5 Å². The van der Waals surface area contributed by atoms with Crippen molar-refractivity contribution in [2.45, 2.75) is 53.1 Å². The summed E-state index contributed by atoms with van der Waals surface area (Å²) in [4.78, 5) is 43.1. The topological polar surface area (TPSA) is 98.7 Å².